The summed E-state index contributed by atoms with van der Waals surface area (Å²) in [6, 6.07) is 0. The molecule has 0 saturated heterocycles. The summed E-state index contributed by atoms with van der Waals surface area (Å²) in [6.45, 7) is 0. The maximum absolute atomic E-state index is 13.0. The molecule has 1 fully saturated rings. The first-order valence-corrected chi connectivity index (χ1v) is 4.78. The second-order valence-corrected chi connectivity index (χ2v) is 4.24. The molecule has 1 unspecified atom stereocenters. The molecule has 0 aromatic carbocycles. The lowest BCUT2D eigenvalue weighted by atomic mass is 10.1. The third-order valence-electron chi connectivity index (χ3n) is 3.26. The zero-order valence-corrected chi connectivity index (χ0v) is 7.61. The van der Waals surface area contributed by atoms with Crippen molar-refractivity contribution in [2.45, 2.75) is 37.1 Å². The molecule has 0 radical (unpaired) electrons. The number of aryl methyl sites for hydroxylation is 1. The number of hydrogen-bond donors (Lipinski definition) is 2. The number of hydrogen-bond acceptors (Lipinski definition) is 2. The van der Waals surface area contributed by atoms with Crippen LogP contribution in [0.25, 0.3) is 0 Å². The number of alkyl halides is 2. The quantitative estimate of drug-likeness (QED) is 0.711. The first-order valence-electron chi connectivity index (χ1n) is 4.78. The summed E-state index contributed by atoms with van der Waals surface area (Å²) >= 11 is 0. The minimum absolute atomic E-state index is 0.267. The van der Waals surface area contributed by atoms with Gasteiger partial charge in [0.2, 0.25) is 0 Å². The largest absolute Gasteiger partial charge is 0.315 e. The molecule has 3 rings (SSSR count). The molecule has 0 spiro atoms. The number of nitrogens with one attached hydrogen (secondary N) is 1. The van der Waals surface area contributed by atoms with Crippen LogP contribution in [0, 0.1) is 0 Å². The van der Waals surface area contributed by atoms with Gasteiger partial charge in [-0.05, 0) is 24.8 Å². The van der Waals surface area contributed by atoms with E-state index in [9.17, 15) is 8.78 Å². The van der Waals surface area contributed by atoms with Gasteiger partial charge in [0.15, 0.2) is 0 Å². The highest BCUT2D eigenvalue weighted by Gasteiger charge is 2.72. The van der Waals surface area contributed by atoms with E-state index in [0.29, 0.717) is 5.69 Å². The van der Waals surface area contributed by atoms with Gasteiger partial charge in [-0.25, -0.2) is 8.78 Å². The third-order valence-corrected chi connectivity index (χ3v) is 3.26. The minimum Gasteiger partial charge on any atom is -0.315 e. The molecule has 0 amide bonds. The Morgan fingerprint density at radius 1 is 1.36 bits per heavy atom. The number of halogens is 2. The summed E-state index contributed by atoms with van der Waals surface area (Å²) in [5.74, 6) is -2.77. The summed E-state index contributed by atoms with van der Waals surface area (Å²) in [5, 5.41) is 6.74. The van der Waals surface area contributed by atoms with E-state index in [1.54, 1.807) is 0 Å². The van der Waals surface area contributed by atoms with Gasteiger partial charge in [0, 0.05) is 12.1 Å². The van der Waals surface area contributed by atoms with Gasteiger partial charge in [-0.2, -0.15) is 5.10 Å². The normalized spacial score (nSPS) is 33.1. The number of aromatic nitrogens is 2. The molecule has 14 heavy (non-hydrogen) atoms. The predicted molar refractivity (Wildman–Crippen MR) is 46.0 cm³/mol. The van der Waals surface area contributed by atoms with Crippen LogP contribution in [0.15, 0.2) is 0 Å². The number of nitrogens with two attached hydrogens (primary N) is 1. The van der Waals surface area contributed by atoms with Crippen LogP contribution in [0.2, 0.25) is 0 Å². The molecule has 3 N–H and O–H groups in total. The van der Waals surface area contributed by atoms with E-state index < -0.39 is 11.5 Å². The molecule has 1 heterocycles. The predicted octanol–water partition coefficient (Wildman–Crippen LogP) is 1.09. The van der Waals surface area contributed by atoms with Gasteiger partial charge in [-0.15, -0.1) is 0 Å². The monoisotopic (exact) mass is 199 g/mol. The van der Waals surface area contributed by atoms with Crippen LogP contribution in [0.5, 0.6) is 0 Å². The van der Waals surface area contributed by atoms with Crippen molar-refractivity contribution in [1.82, 2.24) is 10.2 Å². The number of fused-ring (bicyclic) bond motifs is 1. The number of rotatable bonds is 1. The highest BCUT2D eigenvalue weighted by molar-refractivity contribution is 5.40. The fourth-order valence-electron chi connectivity index (χ4n) is 2.25. The SMILES string of the molecule is NC1(c2n[nH]c3c2CCC3)CC1(F)F. The maximum Gasteiger partial charge on any atom is 0.274 e. The molecule has 1 aromatic heterocycles. The van der Waals surface area contributed by atoms with E-state index in [1.807, 2.05) is 0 Å². The highest BCUT2D eigenvalue weighted by Crippen LogP contribution is 2.58. The number of aromatic amines is 1. The number of H-pyrrole nitrogens is 1. The summed E-state index contributed by atoms with van der Waals surface area (Å²) in [7, 11) is 0. The van der Waals surface area contributed by atoms with Gasteiger partial charge in [0.25, 0.3) is 5.92 Å². The second-order valence-electron chi connectivity index (χ2n) is 4.24. The van der Waals surface area contributed by atoms with E-state index in [-0.39, 0.29) is 6.42 Å². The maximum atomic E-state index is 13.0. The van der Waals surface area contributed by atoms with Gasteiger partial charge in [-0.1, -0.05) is 0 Å². The molecule has 0 bridgehead atoms. The zero-order chi connectivity index (χ0) is 9.97. The van der Waals surface area contributed by atoms with Crippen LogP contribution in [0.3, 0.4) is 0 Å². The Bertz CT molecular complexity index is 399. The van der Waals surface area contributed by atoms with E-state index in [4.69, 9.17) is 5.73 Å². The Labute approximate surface area is 79.7 Å². The molecular formula is C9H11F2N3. The summed E-state index contributed by atoms with van der Waals surface area (Å²) in [6.07, 6.45) is 2.48. The molecule has 1 saturated carbocycles. The van der Waals surface area contributed by atoms with Gasteiger partial charge in [-0.3, -0.25) is 5.10 Å². The van der Waals surface area contributed by atoms with Crippen LogP contribution < -0.4 is 5.73 Å². The lowest BCUT2D eigenvalue weighted by Crippen LogP contribution is -2.28. The summed E-state index contributed by atoms with van der Waals surface area (Å²) in [5.41, 5.74) is 6.47. The molecule has 0 aliphatic heterocycles. The van der Waals surface area contributed by atoms with E-state index >= 15 is 0 Å². The lowest BCUT2D eigenvalue weighted by molar-refractivity contribution is 0.0878. The fraction of sp³-hybridized carbons (Fsp3) is 0.667. The topological polar surface area (TPSA) is 54.7 Å². The molecule has 3 nitrogen and oxygen atoms in total. The highest BCUT2D eigenvalue weighted by atomic mass is 19.3. The van der Waals surface area contributed by atoms with Gasteiger partial charge in [0.05, 0.1) is 5.69 Å². The van der Waals surface area contributed by atoms with Gasteiger partial charge < -0.3 is 5.73 Å². The smallest absolute Gasteiger partial charge is 0.274 e. The van der Waals surface area contributed by atoms with Crippen LogP contribution in [-0.4, -0.2) is 16.1 Å². The third kappa shape index (κ3) is 0.809. The average molecular weight is 199 g/mol. The van der Waals surface area contributed by atoms with E-state index in [1.165, 1.54) is 0 Å². The van der Waals surface area contributed by atoms with Crippen molar-refractivity contribution in [3.8, 4) is 0 Å². The van der Waals surface area contributed by atoms with Crippen molar-refractivity contribution < 1.29 is 8.78 Å². The van der Waals surface area contributed by atoms with Crippen molar-refractivity contribution in [2.24, 2.45) is 5.73 Å². The van der Waals surface area contributed by atoms with Crippen molar-refractivity contribution in [3.05, 3.63) is 17.0 Å². The second kappa shape index (κ2) is 2.16. The Hall–Kier alpha value is -0.970. The first-order chi connectivity index (χ1) is 6.55. The Morgan fingerprint density at radius 3 is 2.71 bits per heavy atom. The molecule has 76 valence electrons. The van der Waals surface area contributed by atoms with Crippen molar-refractivity contribution in [2.75, 3.05) is 0 Å². The Morgan fingerprint density at radius 2 is 2.07 bits per heavy atom. The zero-order valence-electron chi connectivity index (χ0n) is 7.61. The van der Waals surface area contributed by atoms with Crippen LogP contribution in [0.1, 0.15) is 29.8 Å². The van der Waals surface area contributed by atoms with Crippen molar-refractivity contribution >= 4 is 0 Å². The molecular weight excluding hydrogens is 188 g/mol. The molecule has 2 aliphatic rings. The fourth-order valence-corrected chi connectivity index (χ4v) is 2.25. The Kier molecular flexibility index (Phi) is 1.29. The van der Waals surface area contributed by atoms with Gasteiger partial charge >= 0.3 is 0 Å². The van der Waals surface area contributed by atoms with Crippen LogP contribution in [0.4, 0.5) is 8.78 Å². The lowest BCUT2D eigenvalue weighted by Gasteiger charge is -2.08. The molecule has 2 aliphatic carbocycles. The summed E-state index contributed by atoms with van der Waals surface area (Å²) < 4.78 is 26.1. The van der Waals surface area contributed by atoms with Gasteiger partial charge in [0.1, 0.15) is 5.54 Å². The molecule has 5 heteroatoms. The minimum atomic E-state index is -2.77. The standard InChI is InChI=1S/C9H11F2N3/c10-9(11)4-8(9,12)7-5-2-1-3-6(5)13-14-7/h1-4,12H2,(H,13,14). The van der Waals surface area contributed by atoms with Crippen molar-refractivity contribution in [3.63, 3.8) is 0 Å². The van der Waals surface area contributed by atoms with Crippen LogP contribution >= 0.6 is 0 Å². The molecule has 1 aromatic rings. The van der Waals surface area contributed by atoms with E-state index in [0.717, 1.165) is 30.5 Å². The number of nitrogens with zero attached hydrogens (tertiary/aromatic N) is 1. The Balaban J connectivity index is 2.06. The summed E-state index contributed by atoms with van der Waals surface area (Å²) in [4.78, 5) is 0. The van der Waals surface area contributed by atoms with Crippen molar-refractivity contribution in [1.29, 1.82) is 0 Å². The molecule has 1 atom stereocenters. The van der Waals surface area contributed by atoms with E-state index in [2.05, 4.69) is 10.2 Å². The first kappa shape index (κ1) is 8.35. The average Bonchev–Trinajstić information content (AvgIpc) is 2.52. The van der Waals surface area contributed by atoms with Crippen LogP contribution in [-0.2, 0) is 18.4 Å².